The van der Waals surface area contributed by atoms with Gasteiger partial charge in [0.25, 0.3) is 0 Å². The van der Waals surface area contributed by atoms with Gasteiger partial charge in [-0.05, 0) is 32.9 Å². The molecule has 0 amide bonds. The van der Waals surface area contributed by atoms with Crippen molar-refractivity contribution >= 4 is 0 Å². The smallest absolute Gasteiger partial charge is 0.146 e. The van der Waals surface area contributed by atoms with Crippen LogP contribution < -0.4 is 5.32 Å². The lowest BCUT2D eigenvalue weighted by Gasteiger charge is -2.40. The lowest BCUT2D eigenvalue weighted by Crippen LogP contribution is -2.45. The highest BCUT2D eigenvalue weighted by Gasteiger charge is 2.41. The van der Waals surface area contributed by atoms with Crippen LogP contribution in [0.5, 0.6) is 0 Å². The van der Waals surface area contributed by atoms with E-state index >= 15 is 0 Å². The molecule has 1 aromatic rings. The summed E-state index contributed by atoms with van der Waals surface area (Å²) in [5.41, 5.74) is 0.361. The van der Waals surface area contributed by atoms with E-state index < -0.39 is 0 Å². The number of pyridine rings is 1. The second-order valence-electron chi connectivity index (χ2n) is 5.53. The summed E-state index contributed by atoms with van der Waals surface area (Å²) >= 11 is 0. The fourth-order valence-corrected chi connectivity index (χ4v) is 3.45. The summed E-state index contributed by atoms with van der Waals surface area (Å²) < 4.78 is 20.3. The van der Waals surface area contributed by atoms with E-state index in [1.807, 2.05) is 14.0 Å². The predicted octanol–water partition coefficient (Wildman–Crippen LogP) is 3.61. The first-order valence-corrected chi connectivity index (χ1v) is 7.64. The van der Waals surface area contributed by atoms with E-state index in [4.69, 9.17) is 4.74 Å². The average Bonchev–Trinajstić information content (AvgIpc) is 2.69. The number of aromatic nitrogens is 1. The number of halogens is 1. The van der Waals surface area contributed by atoms with Gasteiger partial charge in [0.15, 0.2) is 0 Å². The van der Waals surface area contributed by atoms with Gasteiger partial charge in [-0.25, -0.2) is 4.39 Å². The maximum absolute atomic E-state index is 14.1. The van der Waals surface area contributed by atoms with E-state index in [1.54, 1.807) is 12.3 Å². The van der Waals surface area contributed by atoms with Crippen LogP contribution in [0.2, 0.25) is 0 Å². The molecule has 1 unspecified atom stereocenters. The Kier molecular flexibility index (Phi) is 5.49. The first-order valence-electron chi connectivity index (χ1n) is 7.64. The maximum atomic E-state index is 14.1. The maximum Gasteiger partial charge on any atom is 0.146 e. The molecule has 2 rings (SSSR count). The van der Waals surface area contributed by atoms with E-state index in [0.717, 1.165) is 25.7 Å². The van der Waals surface area contributed by atoms with Crippen LogP contribution in [0.1, 0.15) is 57.1 Å². The van der Waals surface area contributed by atoms with Gasteiger partial charge >= 0.3 is 0 Å². The molecule has 1 fully saturated rings. The first kappa shape index (κ1) is 15.4. The highest BCUT2D eigenvalue weighted by Crippen LogP contribution is 2.41. The second kappa shape index (κ2) is 7.14. The van der Waals surface area contributed by atoms with Crippen molar-refractivity contribution in [1.29, 1.82) is 0 Å². The van der Waals surface area contributed by atoms with Gasteiger partial charge in [-0.3, -0.25) is 4.98 Å². The molecule has 0 spiro atoms. The molecule has 0 aliphatic heterocycles. The van der Waals surface area contributed by atoms with E-state index in [-0.39, 0.29) is 17.5 Å². The Bertz CT molecular complexity index is 417. The SMILES string of the molecule is CCOC1(C(NC)c2ccncc2F)CCCCCC1. The van der Waals surface area contributed by atoms with Crippen molar-refractivity contribution in [1.82, 2.24) is 10.3 Å². The zero-order valence-corrected chi connectivity index (χ0v) is 12.5. The molecule has 1 atom stereocenters. The van der Waals surface area contributed by atoms with E-state index in [0.29, 0.717) is 12.2 Å². The summed E-state index contributed by atoms with van der Waals surface area (Å²) in [5, 5.41) is 3.29. The van der Waals surface area contributed by atoms with Crippen molar-refractivity contribution in [2.45, 2.75) is 57.1 Å². The summed E-state index contributed by atoms with van der Waals surface area (Å²) in [7, 11) is 1.89. The number of nitrogens with one attached hydrogen (secondary N) is 1. The number of rotatable bonds is 5. The Labute approximate surface area is 120 Å². The molecule has 1 aliphatic carbocycles. The molecule has 1 heterocycles. The van der Waals surface area contributed by atoms with Gasteiger partial charge in [-0.1, -0.05) is 25.7 Å². The predicted molar refractivity (Wildman–Crippen MR) is 78.1 cm³/mol. The highest BCUT2D eigenvalue weighted by atomic mass is 19.1. The molecule has 0 aromatic carbocycles. The lowest BCUT2D eigenvalue weighted by molar-refractivity contribution is -0.0773. The Morgan fingerprint density at radius 3 is 2.60 bits per heavy atom. The molecular formula is C16H25FN2O. The van der Waals surface area contributed by atoms with Crippen LogP contribution in [-0.2, 0) is 4.74 Å². The molecule has 0 radical (unpaired) electrons. The zero-order chi connectivity index (χ0) is 14.4. The number of hydrogen-bond donors (Lipinski definition) is 1. The van der Waals surface area contributed by atoms with Crippen molar-refractivity contribution in [3.8, 4) is 0 Å². The summed E-state index contributed by atoms with van der Waals surface area (Å²) in [4.78, 5) is 3.85. The van der Waals surface area contributed by atoms with Crippen LogP contribution in [0.3, 0.4) is 0 Å². The van der Waals surface area contributed by atoms with Crippen molar-refractivity contribution < 1.29 is 9.13 Å². The second-order valence-corrected chi connectivity index (χ2v) is 5.53. The van der Waals surface area contributed by atoms with Crippen molar-refractivity contribution in [3.63, 3.8) is 0 Å². The monoisotopic (exact) mass is 280 g/mol. The molecule has 1 N–H and O–H groups in total. The Morgan fingerprint density at radius 1 is 1.35 bits per heavy atom. The van der Waals surface area contributed by atoms with Gasteiger partial charge < -0.3 is 10.1 Å². The lowest BCUT2D eigenvalue weighted by atomic mass is 9.82. The van der Waals surface area contributed by atoms with Crippen LogP contribution in [0.4, 0.5) is 4.39 Å². The summed E-state index contributed by atoms with van der Waals surface area (Å²) in [5.74, 6) is -0.254. The molecule has 3 nitrogen and oxygen atoms in total. The Balaban J connectivity index is 2.36. The topological polar surface area (TPSA) is 34.1 Å². The third-order valence-corrected chi connectivity index (χ3v) is 4.31. The van der Waals surface area contributed by atoms with Crippen LogP contribution in [0.15, 0.2) is 18.5 Å². The normalized spacial score (nSPS) is 20.4. The van der Waals surface area contributed by atoms with Gasteiger partial charge in [-0.15, -0.1) is 0 Å². The number of hydrogen-bond acceptors (Lipinski definition) is 3. The molecule has 0 saturated heterocycles. The van der Waals surface area contributed by atoms with Gasteiger partial charge in [0.1, 0.15) is 5.82 Å². The summed E-state index contributed by atoms with van der Waals surface area (Å²) in [6, 6.07) is 1.64. The van der Waals surface area contributed by atoms with Gasteiger partial charge in [0.2, 0.25) is 0 Å². The minimum Gasteiger partial charge on any atom is -0.373 e. The van der Waals surface area contributed by atoms with Crippen molar-refractivity contribution in [3.05, 3.63) is 29.8 Å². The van der Waals surface area contributed by atoms with Crippen LogP contribution in [0.25, 0.3) is 0 Å². The third kappa shape index (κ3) is 3.18. The molecule has 1 aromatic heterocycles. The zero-order valence-electron chi connectivity index (χ0n) is 12.5. The third-order valence-electron chi connectivity index (χ3n) is 4.31. The molecule has 1 saturated carbocycles. The minimum absolute atomic E-state index is 0.122. The van der Waals surface area contributed by atoms with E-state index in [9.17, 15) is 4.39 Å². The quantitative estimate of drug-likeness (QED) is 0.837. The molecule has 4 heteroatoms. The minimum atomic E-state index is -0.303. The first-order chi connectivity index (χ1) is 9.73. The number of likely N-dealkylation sites (N-methyl/N-ethyl adjacent to an activating group) is 1. The summed E-state index contributed by atoms with van der Waals surface area (Å²) in [6.07, 6.45) is 9.67. The molecule has 20 heavy (non-hydrogen) atoms. The number of ether oxygens (including phenoxy) is 1. The van der Waals surface area contributed by atoms with Crippen LogP contribution in [0, 0.1) is 5.82 Å². The molecule has 112 valence electrons. The van der Waals surface area contributed by atoms with Gasteiger partial charge in [0.05, 0.1) is 17.8 Å². The van der Waals surface area contributed by atoms with Crippen molar-refractivity contribution in [2.75, 3.05) is 13.7 Å². The molecule has 0 bridgehead atoms. The fourth-order valence-electron chi connectivity index (χ4n) is 3.45. The average molecular weight is 280 g/mol. The largest absolute Gasteiger partial charge is 0.373 e. The van der Waals surface area contributed by atoms with Crippen LogP contribution in [-0.4, -0.2) is 24.2 Å². The molecule has 1 aliphatic rings. The van der Waals surface area contributed by atoms with E-state index in [2.05, 4.69) is 10.3 Å². The fraction of sp³-hybridized carbons (Fsp3) is 0.688. The summed E-state index contributed by atoms with van der Waals surface area (Å²) in [6.45, 7) is 2.67. The Morgan fingerprint density at radius 2 is 2.05 bits per heavy atom. The van der Waals surface area contributed by atoms with Crippen LogP contribution >= 0.6 is 0 Å². The van der Waals surface area contributed by atoms with Gasteiger partial charge in [-0.2, -0.15) is 0 Å². The van der Waals surface area contributed by atoms with Gasteiger partial charge in [0, 0.05) is 18.4 Å². The van der Waals surface area contributed by atoms with Crippen molar-refractivity contribution in [2.24, 2.45) is 0 Å². The molecular weight excluding hydrogens is 255 g/mol. The Hall–Kier alpha value is -1.00. The standard InChI is InChI=1S/C16H25FN2O/c1-3-20-16(9-6-4-5-7-10-16)15(18-2)13-8-11-19-12-14(13)17/h8,11-12,15,18H,3-7,9-10H2,1-2H3. The number of nitrogens with zero attached hydrogens (tertiary/aromatic N) is 1. The highest BCUT2D eigenvalue weighted by molar-refractivity contribution is 5.22. The van der Waals surface area contributed by atoms with E-state index in [1.165, 1.54) is 19.0 Å².